The molecule has 166 valence electrons. The number of nitrogens with one attached hydrogen (secondary N) is 1. The number of hydrogen-bond acceptors (Lipinski definition) is 5. The lowest BCUT2D eigenvalue weighted by Gasteiger charge is -2.38. The summed E-state index contributed by atoms with van der Waals surface area (Å²) in [4.78, 5) is 27.1. The molecule has 1 amide bonds. The number of anilines is 2. The molecule has 1 fully saturated rings. The zero-order valence-corrected chi connectivity index (χ0v) is 17.3. The van der Waals surface area contributed by atoms with E-state index in [-0.39, 0.29) is 16.4 Å². The van der Waals surface area contributed by atoms with Crippen LogP contribution in [-0.2, 0) is 11.0 Å². The van der Waals surface area contributed by atoms with Gasteiger partial charge in [0.05, 0.1) is 22.2 Å². The van der Waals surface area contributed by atoms with Crippen molar-refractivity contribution in [2.75, 3.05) is 36.4 Å². The lowest BCUT2D eigenvalue weighted by Crippen LogP contribution is -2.53. The van der Waals surface area contributed by atoms with Crippen molar-refractivity contribution in [3.05, 3.63) is 63.2 Å². The highest BCUT2D eigenvalue weighted by atomic mass is 35.5. The van der Waals surface area contributed by atoms with Crippen molar-refractivity contribution in [2.45, 2.75) is 19.1 Å². The van der Waals surface area contributed by atoms with Crippen molar-refractivity contribution in [1.82, 2.24) is 4.90 Å². The molecule has 3 rings (SSSR count). The fraction of sp³-hybridized carbons (Fsp3) is 0.350. The Labute approximate surface area is 181 Å². The molecule has 1 heterocycles. The summed E-state index contributed by atoms with van der Waals surface area (Å²) < 4.78 is 39.8. The van der Waals surface area contributed by atoms with E-state index in [0.29, 0.717) is 31.9 Å². The van der Waals surface area contributed by atoms with Crippen LogP contribution in [0.2, 0.25) is 5.02 Å². The van der Waals surface area contributed by atoms with Crippen LogP contribution < -0.4 is 10.2 Å². The second kappa shape index (κ2) is 9.11. The largest absolute Gasteiger partial charge is 0.418 e. The first kappa shape index (κ1) is 22.8. The van der Waals surface area contributed by atoms with E-state index in [2.05, 4.69) is 5.32 Å². The van der Waals surface area contributed by atoms with Crippen molar-refractivity contribution in [2.24, 2.45) is 0 Å². The molecule has 1 aliphatic heterocycles. The van der Waals surface area contributed by atoms with Gasteiger partial charge in [-0.25, -0.2) is 0 Å². The van der Waals surface area contributed by atoms with Crippen LogP contribution in [0.4, 0.5) is 30.2 Å². The molecule has 0 saturated carbocycles. The van der Waals surface area contributed by atoms with Crippen LogP contribution in [0.3, 0.4) is 0 Å². The third kappa shape index (κ3) is 5.26. The number of nitro groups is 1. The fourth-order valence-electron chi connectivity index (χ4n) is 3.50. The van der Waals surface area contributed by atoms with Gasteiger partial charge in [-0.2, -0.15) is 13.2 Å². The number of alkyl halides is 3. The summed E-state index contributed by atoms with van der Waals surface area (Å²) in [5, 5.41) is 13.5. The quantitative estimate of drug-likeness (QED) is 0.532. The van der Waals surface area contributed by atoms with E-state index in [1.807, 2.05) is 9.80 Å². The topological polar surface area (TPSA) is 78.7 Å². The van der Waals surface area contributed by atoms with Crippen molar-refractivity contribution in [3.63, 3.8) is 0 Å². The zero-order valence-electron chi connectivity index (χ0n) is 16.5. The summed E-state index contributed by atoms with van der Waals surface area (Å²) in [7, 11) is 0. The lowest BCUT2D eigenvalue weighted by molar-refractivity contribution is -0.384. The molecule has 2 aromatic carbocycles. The lowest BCUT2D eigenvalue weighted by atomic mass is 10.1. The molecule has 11 heteroatoms. The minimum atomic E-state index is -4.66. The fourth-order valence-corrected chi connectivity index (χ4v) is 3.67. The standard InChI is InChI=1S/C20H20ClF3N4O3/c1-13(19(29)25-16-7-6-14(21)12-15(16)20(22,23)24)26-8-10-27(11-9-26)17-4-2-3-5-18(17)28(30)31/h2-7,12-13H,8-11H2,1H3,(H,25,29)/t13-/m1/s1. The number of carbonyl (C=O) groups is 1. The number of halogens is 4. The van der Waals surface area contributed by atoms with E-state index < -0.39 is 28.6 Å². The highest BCUT2D eigenvalue weighted by Gasteiger charge is 2.35. The third-order valence-corrected chi connectivity index (χ3v) is 5.44. The molecular weight excluding hydrogens is 437 g/mol. The molecule has 7 nitrogen and oxygen atoms in total. The van der Waals surface area contributed by atoms with Crippen LogP contribution in [0.5, 0.6) is 0 Å². The van der Waals surface area contributed by atoms with E-state index in [4.69, 9.17) is 11.6 Å². The summed E-state index contributed by atoms with van der Waals surface area (Å²) in [6.07, 6.45) is -4.66. The van der Waals surface area contributed by atoms with Crippen molar-refractivity contribution >= 4 is 34.6 Å². The monoisotopic (exact) mass is 456 g/mol. The van der Waals surface area contributed by atoms with Gasteiger partial charge < -0.3 is 10.2 Å². The highest BCUT2D eigenvalue weighted by Crippen LogP contribution is 2.36. The van der Waals surface area contributed by atoms with Crippen LogP contribution in [0.15, 0.2) is 42.5 Å². The van der Waals surface area contributed by atoms with Gasteiger partial charge in [0, 0.05) is 37.3 Å². The minimum Gasteiger partial charge on any atom is -0.363 e. The molecular formula is C20H20ClF3N4O3. The summed E-state index contributed by atoms with van der Waals surface area (Å²) in [5.41, 5.74) is -0.863. The van der Waals surface area contributed by atoms with E-state index >= 15 is 0 Å². The average molecular weight is 457 g/mol. The smallest absolute Gasteiger partial charge is 0.363 e. The Morgan fingerprint density at radius 2 is 1.81 bits per heavy atom. The number of benzene rings is 2. The number of piperazine rings is 1. The predicted molar refractivity (Wildman–Crippen MR) is 111 cm³/mol. The molecule has 0 aromatic heterocycles. The van der Waals surface area contributed by atoms with Gasteiger partial charge in [-0.3, -0.25) is 19.8 Å². The Kier molecular flexibility index (Phi) is 6.71. The number of nitrogens with zero attached hydrogens (tertiary/aromatic N) is 3. The molecule has 1 saturated heterocycles. The van der Waals surface area contributed by atoms with E-state index in [9.17, 15) is 28.1 Å². The first-order valence-electron chi connectivity index (χ1n) is 9.48. The van der Waals surface area contributed by atoms with Gasteiger partial charge in [0.1, 0.15) is 5.69 Å². The third-order valence-electron chi connectivity index (χ3n) is 5.21. The van der Waals surface area contributed by atoms with Gasteiger partial charge in [-0.05, 0) is 31.2 Å². The van der Waals surface area contributed by atoms with E-state index in [0.717, 1.165) is 12.1 Å². The van der Waals surface area contributed by atoms with Crippen molar-refractivity contribution < 1.29 is 22.9 Å². The van der Waals surface area contributed by atoms with Gasteiger partial charge in [0.25, 0.3) is 5.69 Å². The number of hydrogen-bond donors (Lipinski definition) is 1. The van der Waals surface area contributed by atoms with Crippen molar-refractivity contribution in [3.8, 4) is 0 Å². The maximum Gasteiger partial charge on any atom is 0.418 e. The van der Waals surface area contributed by atoms with Gasteiger partial charge >= 0.3 is 6.18 Å². The van der Waals surface area contributed by atoms with Crippen LogP contribution in [-0.4, -0.2) is 48.0 Å². The number of amides is 1. The Balaban J connectivity index is 1.66. The molecule has 1 aliphatic rings. The zero-order chi connectivity index (χ0) is 22.8. The molecule has 0 radical (unpaired) electrons. The Morgan fingerprint density at radius 3 is 2.42 bits per heavy atom. The van der Waals surface area contributed by atoms with Gasteiger partial charge in [0.15, 0.2) is 0 Å². The molecule has 0 bridgehead atoms. The van der Waals surface area contributed by atoms with Crippen LogP contribution in [0, 0.1) is 10.1 Å². The van der Waals surface area contributed by atoms with Crippen LogP contribution in [0.25, 0.3) is 0 Å². The minimum absolute atomic E-state index is 0.00385. The molecule has 0 aliphatic carbocycles. The number of carbonyl (C=O) groups excluding carboxylic acids is 1. The number of para-hydroxylation sites is 2. The van der Waals surface area contributed by atoms with Crippen LogP contribution >= 0.6 is 11.6 Å². The maximum absolute atomic E-state index is 13.3. The second-order valence-corrected chi connectivity index (χ2v) is 7.56. The second-order valence-electron chi connectivity index (χ2n) is 7.12. The predicted octanol–water partition coefficient (Wildman–Crippen LogP) is 4.42. The van der Waals surface area contributed by atoms with E-state index in [1.54, 1.807) is 25.1 Å². The summed E-state index contributed by atoms with van der Waals surface area (Å²) in [6.45, 7) is 3.34. The first-order chi connectivity index (χ1) is 14.6. The number of rotatable bonds is 5. The molecule has 0 unspecified atom stereocenters. The number of nitro benzene ring substituents is 1. The highest BCUT2D eigenvalue weighted by molar-refractivity contribution is 6.30. The molecule has 31 heavy (non-hydrogen) atoms. The Hall–Kier alpha value is -2.85. The Bertz CT molecular complexity index is 978. The molecule has 1 atom stereocenters. The van der Waals surface area contributed by atoms with Gasteiger partial charge in [0.2, 0.25) is 5.91 Å². The SMILES string of the molecule is C[C@H](C(=O)Nc1ccc(Cl)cc1C(F)(F)F)N1CCN(c2ccccc2[N+](=O)[O-])CC1. The average Bonchev–Trinajstić information content (AvgIpc) is 2.73. The first-order valence-corrected chi connectivity index (χ1v) is 9.85. The summed E-state index contributed by atoms with van der Waals surface area (Å²) >= 11 is 5.67. The molecule has 1 N–H and O–H groups in total. The van der Waals surface area contributed by atoms with Gasteiger partial charge in [-0.15, -0.1) is 0 Å². The maximum atomic E-state index is 13.3. The molecule has 2 aromatic rings. The van der Waals surface area contributed by atoms with Crippen molar-refractivity contribution in [1.29, 1.82) is 0 Å². The van der Waals surface area contributed by atoms with Crippen LogP contribution in [0.1, 0.15) is 12.5 Å². The molecule has 0 spiro atoms. The van der Waals surface area contributed by atoms with Gasteiger partial charge in [-0.1, -0.05) is 23.7 Å². The Morgan fingerprint density at radius 1 is 1.16 bits per heavy atom. The van der Waals surface area contributed by atoms with E-state index in [1.165, 1.54) is 12.1 Å². The summed E-state index contributed by atoms with van der Waals surface area (Å²) in [6, 6.07) is 8.90. The summed E-state index contributed by atoms with van der Waals surface area (Å²) in [5.74, 6) is -0.577. The normalized spacial score (nSPS) is 16.1.